The first-order valence-corrected chi connectivity index (χ1v) is 12.1. The summed E-state index contributed by atoms with van der Waals surface area (Å²) in [4.78, 5) is 47.9. The SMILES string of the molecule is COc1cc(CC(=O)Nc2ccc(C(CC(=O)O)NC(=O)CN)cc2)ccc1NC(=O)Nc1ccccc1C. The standard InChI is InChI=1S/C28H31N5O6/c1-17-5-3-4-6-21(17)32-28(38)33-22-12-7-18(13-24(22)39-2)14-25(34)30-20-10-8-19(9-11-20)23(15-27(36)37)31-26(35)16-29/h3-13,23H,14-16,29H2,1-2H3,(H,30,34)(H,31,35)(H,36,37)(H2,32,33,38). The average molecular weight is 534 g/mol. The van der Waals surface area contributed by atoms with Gasteiger partial charge in [0.1, 0.15) is 5.75 Å². The Bertz CT molecular complexity index is 1340. The van der Waals surface area contributed by atoms with Crippen LogP contribution in [0.3, 0.4) is 0 Å². The molecule has 0 saturated carbocycles. The summed E-state index contributed by atoms with van der Waals surface area (Å²) < 4.78 is 5.41. The summed E-state index contributed by atoms with van der Waals surface area (Å²) >= 11 is 0. The number of nitrogens with one attached hydrogen (secondary N) is 4. The van der Waals surface area contributed by atoms with Crippen LogP contribution in [0.25, 0.3) is 0 Å². The fourth-order valence-corrected chi connectivity index (χ4v) is 3.81. The van der Waals surface area contributed by atoms with Crippen molar-refractivity contribution in [3.05, 3.63) is 83.4 Å². The Balaban J connectivity index is 1.61. The second kappa shape index (κ2) is 13.6. The van der Waals surface area contributed by atoms with Gasteiger partial charge >= 0.3 is 12.0 Å². The van der Waals surface area contributed by atoms with Gasteiger partial charge in [0.05, 0.1) is 38.2 Å². The molecule has 0 fully saturated rings. The maximum absolute atomic E-state index is 12.6. The van der Waals surface area contributed by atoms with Crippen LogP contribution in [0.15, 0.2) is 66.7 Å². The number of carboxylic acids is 1. The number of aliphatic carboxylic acids is 1. The van der Waals surface area contributed by atoms with Crippen LogP contribution in [0.4, 0.5) is 21.9 Å². The second-order valence-electron chi connectivity index (χ2n) is 8.70. The molecule has 204 valence electrons. The lowest BCUT2D eigenvalue weighted by Crippen LogP contribution is -2.34. The van der Waals surface area contributed by atoms with Crippen LogP contribution in [0.5, 0.6) is 5.75 Å². The van der Waals surface area contributed by atoms with E-state index in [-0.39, 0.29) is 25.3 Å². The lowest BCUT2D eigenvalue weighted by Gasteiger charge is -2.17. The predicted octanol–water partition coefficient (Wildman–Crippen LogP) is 3.42. The number of hydrogen-bond donors (Lipinski definition) is 6. The van der Waals surface area contributed by atoms with Gasteiger partial charge in [0.25, 0.3) is 0 Å². The Morgan fingerprint density at radius 1 is 0.897 bits per heavy atom. The smallest absolute Gasteiger partial charge is 0.323 e. The summed E-state index contributed by atoms with van der Waals surface area (Å²) in [6.07, 6.45) is -0.264. The molecule has 0 heterocycles. The van der Waals surface area contributed by atoms with Crippen molar-refractivity contribution in [1.29, 1.82) is 0 Å². The van der Waals surface area contributed by atoms with E-state index in [0.717, 1.165) is 5.56 Å². The Labute approximate surface area is 225 Å². The Morgan fingerprint density at radius 2 is 1.59 bits per heavy atom. The van der Waals surface area contributed by atoms with Gasteiger partial charge in [0.15, 0.2) is 0 Å². The van der Waals surface area contributed by atoms with Crippen LogP contribution in [0.1, 0.15) is 29.2 Å². The molecule has 11 heteroatoms. The molecule has 3 rings (SSSR count). The number of hydrogen-bond acceptors (Lipinski definition) is 6. The summed E-state index contributed by atoms with van der Waals surface area (Å²) in [7, 11) is 1.47. The van der Waals surface area contributed by atoms with E-state index in [2.05, 4.69) is 21.3 Å². The zero-order valence-electron chi connectivity index (χ0n) is 21.6. The fraction of sp³-hybridized carbons (Fsp3) is 0.214. The Hall–Kier alpha value is -4.90. The van der Waals surface area contributed by atoms with E-state index >= 15 is 0 Å². The summed E-state index contributed by atoms with van der Waals surface area (Å²) in [5.41, 5.74) is 9.11. The quantitative estimate of drug-likeness (QED) is 0.219. The number of aryl methyl sites for hydroxylation is 1. The minimum atomic E-state index is -1.07. The van der Waals surface area contributed by atoms with Gasteiger partial charge in [-0.25, -0.2) is 4.79 Å². The molecule has 0 aromatic heterocycles. The molecule has 39 heavy (non-hydrogen) atoms. The van der Waals surface area contributed by atoms with Gasteiger partial charge in [-0.2, -0.15) is 0 Å². The van der Waals surface area contributed by atoms with Gasteiger partial charge in [0.2, 0.25) is 11.8 Å². The molecular formula is C28H31N5O6. The van der Waals surface area contributed by atoms with Crippen molar-refractivity contribution in [2.75, 3.05) is 29.6 Å². The summed E-state index contributed by atoms with van der Waals surface area (Å²) in [6, 6.07) is 17.8. The molecule has 11 nitrogen and oxygen atoms in total. The third-order valence-corrected chi connectivity index (χ3v) is 5.77. The Morgan fingerprint density at radius 3 is 2.23 bits per heavy atom. The van der Waals surface area contributed by atoms with Crippen LogP contribution in [-0.2, 0) is 20.8 Å². The van der Waals surface area contributed by atoms with E-state index in [0.29, 0.717) is 33.9 Å². The zero-order chi connectivity index (χ0) is 28.4. The lowest BCUT2D eigenvalue weighted by atomic mass is 10.0. The van der Waals surface area contributed by atoms with E-state index in [1.54, 1.807) is 48.5 Å². The second-order valence-corrected chi connectivity index (χ2v) is 8.70. The number of anilines is 3. The highest BCUT2D eigenvalue weighted by Crippen LogP contribution is 2.27. The number of carboxylic acid groups (broad SMARTS) is 1. The number of amides is 4. The average Bonchev–Trinajstić information content (AvgIpc) is 2.90. The zero-order valence-corrected chi connectivity index (χ0v) is 21.6. The molecule has 0 aliphatic rings. The molecule has 4 amide bonds. The molecule has 1 unspecified atom stereocenters. The van der Waals surface area contributed by atoms with E-state index in [9.17, 15) is 19.2 Å². The number of carbonyl (C=O) groups is 4. The van der Waals surface area contributed by atoms with Crippen molar-refractivity contribution < 1.29 is 29.0 Å². The first-order valence-electron chi connectivity index (χ1n) is 12.1. The van der Waals surface area contributed by atoms with Gasteiger partial charge in [-0.1, -0.05) is 36.4 Å². The van der Waals surface area contributed by atoms with Gasteiger partial charge in [-0.15, -0.1) is 0 Å². The van der Waals surface area contributed by atoms with Crippen LogP contribution in [0, 0.1) is 6.92 Å². The molecule has 0 aliphatic heterocycles. The van der Waals surface area contributed by atoms with Crippen LogP contribution < -0.4 is 31.7 Å². The third-order valence-electron chi connectivity index (χ3n) is 5.77. The molecule has 0 radical (unpaired) electrons. The molecule has 1 atom stereocenters. The van der Waals surface area contributed by atoms with Crippen molar-refractivity contribution in [1.82, 2.24) is 5.32 Å². The van der Waals surface area contributed by atoms with Crippen LogP contribution in [-0.4, -0.2) is 42.6 Å². The molecule has 0 bridgehead atoms. The van der Waals surface area contributed by atoms with E-state index in [1.807, 2.05) is 25.1 Å². The number of benzene rings is 3. The third kappa shape index (κ3) is 8.58. The van der Waals surface area contributed by atoms with Gasteiger partial charge in [-0.3, -0.25) is 14.4 Å². The maximum Gasteiger partial charge on any atom is 0.323 e. The van der Waals surface area contributed by atoms with Gasteiger partial charge < -0.3 is 36.8 Å². The first-order chi connectivity index (χ1) is 18.7. The van der Waals surface area contributed by atoms with Crippen LogP contribution in [0.2, 0.25) is 0 Å². The van der Waals surface area contributed by atoms with Crippen molar-refractivity contribution in [3.63, 3.8) is 0 Å². The molecular weight excluding hydrogens is 502 g/mol. The highest BCUT2D eigenvalue weighted by Gasteiger charge is 2.18. The van der Waals surface area contributed by atoms with Crippen molar-refractivity contribution in [2.45, 2.75) is 25.8 Å². The van der Waals surface area contributed by atoms with E-state index in [4.69, 9.17) is 15.6 Å². The number of methoxy groups -OCH3 is 1. The summed E-state index contributed by atoms with van der Waals surface area (Å²) in [6.45, 7) is 1.63. The monoisotopic (exact) mass is 533 g/mol. The number of carbonyl (C=O) groups excluding carboxylic acids is 3. The minimum absolute atomic E-state index is 0.0436. The molecule has 0 saturated heterocycles. The molecule has 7 N–H and O–H groups in total. The van der Waals surface area contributed by atoms with E-state index < -0.39 is 23.9 Å². The van der Waals surface area contributed by atoms with Crippen molar-refractivity contribution >= 4 is 40.9 Å². The molecule has 0 spiro atoms. The number of para-hydroxylation sites is 1. The number of ether oxygens (including phenoxy) is 1. The lowest BCUT2D eigenvalue weighted by molar-refractivity contribution is -0.137. The number of urea groups is 1. The van der Waals surface area contributed by atoms with Crippen molar-refractivity contribution in [3.8, 4) is 5.75 Å². The molecule has 3 aromatic rings. The minimum Gasteiger partial charge on any atom is -0.495 e. The normalized spacial score (nSPS) is 11.2. The fourth-order valence-electron chi connectivity index (χ4n) is 3.81. The predicted molar refractivity (Wildman–Crippen MR) is 148 cm³/mol. The summed E-state index contributed by atoms with van der Waals surface area (Å²) in [5, 5.41) is 20.0. The molecule has 0 aliphatic carbocycles. The topological polar surface area (TPSA) is 172 Å². The van der Waals surface area contributed by atoms with Crippen LogP contribution >= 0.6 is 0 Å². The molecule has 3 aromatic carbocycles. The number of nitrogens with two attached hydrogens (primary N) is 1. The van der Waals surface area contributed by atoms with Crippen molar-refractivity contribution in [2.24, 2.45) is 5.73 Å². The first kappa shape index (κ1) is 28.7. The van der Waals surface area contributed by atoms with Gasteiger partial charge in [0, 0.05) is 11.4 Å². The largest absolute Gasteiger partial charge is 0.495 e. The maximum atomic E-state index is 12.6. The summed E-state index contributed by atoms with van der Waals surface area (Å²) in [5.74, 6) is -1.43. The Kier molecular flexibility index (Phi) is 9.99. The van der Waals surface area contributed by atoms with Gasteiger partial charge in [-0.05, 0) is 53.9 Å². The highest BCUT2D eigenvalue weighted by atomic mass is 16.5. The number of rotatable bonds is 11. The van der Waals surface area contributed by atoms with E-state index in [1.165, 1.54) is 7.11 Å². The highest BCUT2D eigenvalue weighted by molar-refractivity contribution is 6.01.